The zero-order valence-electron chi connectivity index (χ0n) is 9.24. The number of nitriles is 1. The van der Waals surface area contributed by atoms with E-state index in [4.69, 9.17) is 11.0 Å². The predicted molar refractivity (Wildman–Crippen MR) is 57.6 cm³/mol. The van der Waals surface area contributed by atoms with E-state index >= 15 is 0 Å². The summed E-state index contributed by atoms with van der Waals surface area (Å²) in [6.45, 7) is 6.32. The van der Waals surface area contributed by atoms with E-state index < -0.39 is 0 Å². The Bertz CT molecular complexity index is 209. The highest BCUT2D eigenvalue weighted by atomic mass is 15.2. The second kappa shape index (κ2) is 5.33. The van der Waals surface area contributed by atoms with Gasteiger partial charge in [0.1, 0.15) is 6.04 Å². The summed E-state index contributed by atoms with van der Waals surface area (Å²) in [5, 5.41) is 8.67. The van der Waals surface area contributed by atoms with Gasteiger partial charge in [-0.05, 0) is 25.7 Å². The molecule has 0 aromatic heterocycles. The average molecular weight is 195 g/mol. The molecular formula is C11H21N3. The molecule has 1 unspecified atom stereocenters. The van der Waals surface area contributed by atoms with Crippen molar-refractivity contribution in [2.75, 3.05) is 13.1 Å². The molecule has 3 heteroatoms. The third-order valence-electron chi connectivity index (χ3n) is 3.28. The van der Waals surface area contributed by atoms with Crippen molar-refractivity contribution in [1.29, 1.82) is 5.26 Å². The van der Waals surface area contributed by atoms with Gasteiger partial charge in [-0.2, -0.15) is 5.26 Å². The molecule has 2 N–H and O–H groups in total. The number of rotatable bonds is 3. The first-order valence-corrected chi connectivity index (χ1v) is 5.56. The van der Waals surface area contributed by atoms with Crippen molar-refractivity contribution in [3.8, 4) is 6.07 Å². The molecule has 3 atom stereocenters. The molecular weight excluding hydrogens is 174 g/mol. The van der Waals surface area contributed by atoms with Gasteiger partial charge in [0, 0.05) is 19.1 Å². The first kappa shape index (κ1) is 11.5. The fourth-order valence-electron chi connectivity index (χ4n) is 2.14. The Kier molecular flexibility index (Phi) is 4.37. The summed E-state index contributed by atoms with van der Waals surface area (Å²) in [6.07, 6.45) is 3.82. The van der Waals surface area contributed by atoms with Gasteiger partial charge in [0.15, 0.2) is 0 Å². The van der Waals surface area contributed by atoms with Crippen molar-refractivity contribution < 1.29 is 0 Å². The zero-order chi connectivity index (χ0) is 10.6. The number of nitrogens with two attached hydrogens (primary N) is 1. The van der Waals surface area contributed by atoms with Crippen LogP contribution in [-0.4, -0.2) is 30.1 Å². The topological polar surface area (TPSA) is 53.0 Å². The molecule has 1 rings (SSSR count). The highest BCUT2D eigenvalue weighted by molar-refractivity contribution is 4.91. The van der Waals surface area contributed by atoms with Crippen LogP contribution in [0.25, 0.3) is 0 Å². The summed E-state index contributed by atoms with van der Waals surface area (Å²) >= 11 is 0. The molecule has 80 valence electrons. The molecule has 0 aromatic rings. The molecule has 1 fully saturated rings. The Balaban J connectivity index is 2.44. The van der Waals surface area contributed by atoms with Crippen LogP contribution in [0.2, 0.25) is 0 Å². The summed E-state index contributed by atoms with van der Waals surface area (Å²) in [4.78, 5) is 2.37. The summed E-state index contributed by atoms with van der Waals surface area (Å²) in [7, 11) is 0. The summed E-state index contributed by atoms with van der Waals surface area (Å²) in [5.41, 5.74) is 5.65. The Morgan fingerprint density at radius 1 is 1.57 bits per heavy atom. The van der Waals surface area contributed by atoms with E-state index in [0.29, 0.717) is 6.04 Å². The number of hydrogen-bond acceptors (Lipinski definition) is 3. The van der Waals surface area contributed by atoms with Gasteiger partial charge < -0.3 is 5.73 Å². The summed E-state index contributed by atoms with van der Waals surface area (Å²) < 4.78 is 0. The number of piperidine rings is 1. The summed E-state index contributed by atoms with van der Waals surface area (Å²) in [5.74, 6) is 0.803. The number of likely N-dealkylation sites (tertiary alicyclic amines) is 1. The Labute approximate surface area is 86.9 Å². The van der Waals surface area contributed by atoms with Gasteiger partial charge in [-0.3, -0.25) is 4.90 Å². The second-order valence-electron chi connectivity index (χ2n) is 4.39. The monoisotopic (exact) mass is 195 g/mol. The molecule has 0 aliphatic carbocycles. The molecule has 0 spiro atoms. The lowest BCUT2D eigenvalue weighted by Crippen LogP contribution is -2.47. The van der Waals surface area contributed by atoms with Crippen LogP contribution >= 0.6 is 0 Å². The van der Waals surface area contributed by atoms with Crippen LogP contribution in [0.15, 0.2) is 0 Å². The first-order chi connectivity index (χ1) is 6.67. The lowest BCUT2D eigenvalue weighted by molar-refractivity contribution is 0.114. The van der Waals surface area contributed by atoms with Gasteiger partial charge >= 0.3 is 0 Å². The lowest BCUT2D eigenvalue weighted by Gasteiger charge is -2.38. The van der Waals surface area contributed by atoms with E-state index in [-0.39, 0.29) is 6.04 Å². The third-order valence-corrected chi connectivity index (χ3v) is 3.28. The molecule has 0 amide bonds. The fraction of sp³-hybridized carbons (Fsp3) is 0.909. The van der Waals surface area contributed by atoms with Gasteiger partial charge in [0.25, 0.3) is 0 Å². The molecule has 1 aliphatic rings. The van der Waals surface area contributed by atoms with Crippen LogP contribution in [0.3, 0.4) is 0 Å². The average Bonchev–Trinajstić information content (AvgIpc) is 2.21. The minimum Gasteiger partial charge on any atom is -0.315 e. The van der Waals surface area contributed by atoms with Crippen molar-refractivity contribution in [3.05, 3.63) is 0 Å². The molecule has 3 nitrogen and oxygen atoms in total. The molecule has 0 radical (unpaired) electrons. The van der Waals surface area contributed by atoms with Crippen molar-refractivity contribution in [3.63, 3.8) is 0 Å². The minimum absolute atomic E-state index is 0.326. The number of nitrogens with zero attached hydrogens (tertiary/aromatic N) is 2. The van der Waals surface area contributed by atoms with Crippen molar-refractivity contribution in [1.82, 2.24) is 4.90 Å². The second-order valence-corrected chi connectivity index (χ2v) is 4.39. The maximum Gasteiger partial charge on any atom is 0.106 e. The van der Waals surface area contributed by atoms with E-state index in [0.717, 1.165) is 19.0 Å². The van der Waals surface area contributed by atoms with Gasteiger partial charge in [-0.1, -0.05) is 13.3 Å². The van der Waals surface area contributed by atoms with Crippen molar-refractivity contribution in [2.45, 2.75) is 45.2 Å². The van der Waals surface area contributed by atoms with E-state index in [2.05, 4.69) is 24.8 Å². The van der Waals surface area contributed by atoms with Crippen LogP contribution in [0.4, 0.5) is 0 Å². The Morgan fingerprint density at radius 3 is 2.86 bits per heavy atom. The minimum atomic E-state index is -0.326. The fourth-order valence-corrected chi connectivity index (χ4v) is 2.14. The molecule has 1 heterocycles. The van der Waals surface area contributed by atoms with Crippen LogP contribution in [0, 0.1) is 17.2 Å². The van der Waals surface area contributed by atoms with Gasteiger partial charge in [-0.25, -0.2) is 0 Å². The van der Waals surface area contributed by atoms with Gasteiger partial charge in [0.05, 0.1) is 6.07 Å². The maximum absolute atomic E-state index is 8.67. The first-order valence-electron chi connectivity index (χ1n) is 5.56. The lowest BCUT2D eigenvalue weighted by atomic mass is 9.91. The molecule has 0 bridgehead atoms. The Morgan fingerprint density at radius 2 is 2.29 bits per heavy atom. The quantitative estimate of drug-likeness (QED) is 0.739. The standard InChI is InChI=1S/C11H21N3/c1-3-10-5-4-9(2)14(7-10)8-11(13)6-12/h9-11H,3-5,7-8,13H2,1-2H3/t9-,10-,11?/m1/s1. The van der Waals surface area contributed by atoms with E-state index in [9.17, 15) is 0 Å². The molecule has 1 saturated heterocycles. The highest BCUT2D eigenvalue weighted by Gasteiger charge is 2.25. The molecule has 0 aromatic carbocycles. The molecule has 0 saturated carbocycles. The van der Waals surface area contributed by atoms with Crippen molar-refractivity contribution in [2.24, 2.45) is 11.7 Å². The van der Waals surface area contributed by atoms with Crippen LogP contribution in [0.1, 0.15) is 33.1 Å². The smallest absolute Gasteiger partial charge is 0.106 e. The van der Waals surface area contributed by atoms with E-state index in [1.165, 1.54) is 19.3 Å². The number of hydrogen-bond donors (Lipinski definition) is 1. The van der Waals surface area contributed by atoms with E-state index in [1.807, 2.05) is 0 Å². The Hall–Kier alpha value is -0.590. The van der Waals surface area contributed by atoms with Crippen LogP contribution in [0.5, 0.6) is 0 Å². The van der Waals surface area contributed by atoms with Crippen molar-refractivity contribution >= 4 is 0 Å². The zero-order valence-corrected chi connectivity index (χ0v) is 9.24. The largest absolute Gasteiger partial charge is 0.315 e. The molecule has 14 heavy (non-hydrogen) atoms. The van der Waals surface area contributed by atoms with Crippen LogP contribution in [-0.2, 0) is 0 Å². The van der Waals surface area contributed by atoms with Gasteiger partial charge in [0.2, 0.25) is 0 Å². The molecule has 1 aliphatic heterocycles. The summed E-state index contributed by atoms with van der Waals surface area (Å²) in [6, 6.07) is 2.37. The third kappa shape index (κ3) is 2.97. The predicted octanol–water partition coefficient (Wildman–Crippen LogP) is 1.35. The SMILES string of the molecule is CC[C@@H]1CC[C@@H](C)N(CC(N)C#N)C1. The maximum atomic E-state index is 8.67. The van der Waals surface area contributed by atoms with Crippen LogP contribution < -0.4 is 5.73 Å². The van der Waals surface area contributed by atoms with E-state index in [1.54, 1.807) is 0 Å². The normalized spacial score (nSPS) is 31.0. The highest BCUT2D eigenvalue weighted by Crippen LogP contribution is 2.23. The van der Waals surface area contributed by atoms with Gasteiger partial charge in [-0.15, -0.1) is 0 Å².